The number of hydrogen-bond acceptors (Lipinski definition) is 3. The van der Waals surface area contributed by atoms with Crippen molar-refractivity contribution in [3.63, 3.8) is 0 Å². The maximum atomic E-state index is 12.8. The van der Waals surface area contributed by atoms with Crippen molar-refractivity contribution in [2.24, 2.45) is 5.10 Å². The predicted molar refractivity (Wildman–Crippen MR) is 92.5 cm³/mol. The standard InChI is InChI=1S/C19H15F3N3O2/c1-2-13-14(6-7-15-16(13)10-24-25-18(15)27)17(26)23-9-11-4-3-5-12(8-11)19(20,21)22/h3-8,10H,2,9H2,1H3,(H,23,26). The maximum Gasteiger partial charge on any atom is 0.416 e. The lowest BCUT2D eigenvalue weighted by atomic mass is 9.93. The Morgan fingerprint density at radius 3 is 2.67 bits per heavy atom. The largest absolute Gasteiger partial charge is 0.416 e. The number of benzene rings is 2. The van der Waals surface area contributed by atoms with Crippen LogP contribution in [-0.4, -0.2) is 18.0 Å². The summed E-state index contributed by atoms with van der Waals surface area (Å²) in [6.07, 6.45) is -2.53. The summed E-state index contributed by atoms with van der Waals surface area (Å²) in [5.41, 5.74) is 4.94. The third kappa shape index (κ3) is 3.84. The van der Waals surface area contributed by atoms with Gasteiger partial charge in [-0.25, -0.2) is 0 Å². The van der Waals surface area contributed by atoms with E-state index >= 15 is 0 Å². The number of nitrogens with zero attached hydrogens (tertiary/aromatic N) is 2. The SMILES string of the molecule is CCc1c(C(=O)NCc2cccc(C(F)(F)F)c2)ccc2c1C=N[N]C2=O. The number of carbonyl (C=O) groups is 2. The van der Waals surface area contributed by atoms with E-state index < -0.39 is 23.6 Å². The number of fused-ring (bicyclic) bond motifs is 1. The van der Waals surface area contributed by atoms with Crippen molar-refractivity contribution < 1.29 is 22.8 Å². The van der Waals surface area contributed by atoms with Gasteiger partial charge in [0.15, 0.2) is 0 Å². The van der Waals surface area contributed by atoms with Crippen molar-refractivity contribution in [3.05, 3.63) is 69.8 Å². The highest BCUT2D eigenvalue weighted by molar-refractivity contribution is 6.08. The van der Waals surface area contributed by atoms with Crippen LogP contribution < -0.4 is 10.7 Å². The minimum Gasteiger partial charge on any atom is -0.348 e. The fourth-order valence-electron chi connectivity index (χ4n) is 2.92. The van der Waals surface area contributed by atoms with Gasteiger partial charge in [0.2, 0.25) is 0 Å². The summed E-state index contributed by atoms with van der Waals surface area (Å²) in [5.74, 6) is -0.909. The van der Waals surface area contributed by atoms with Crippen LogP contribution in [0.3, 0.4) is 0 Å². The van der Waals surface area contributed by atoms with Gasteiger partial charge in [-0.2, -0.15) is 18.3 Å². The molecule has 0 unspecified atom stereocenters. The number of nitrogens with one attached hydrogen (secondary N) is 1. The van der Waals surface area contributed by atoms with Crippen LogP contribution in [0.4, 0.5) is 13.2 Å². The van der Waals surface area contributed by atoms with Crippen LogP contribution >= 0.6 is 0 Å². The van der Waals surface area contributed by atoms with E-state index in [1.807, 2.05) is 6.92 Å². The van der Waals surface area contributed by atoms with Crippen molar-refractivity contribution in [2.75, 3.05) is 0 Å². The van der Waals surface area contributed by atoms with E-state index in [0.717, 1.165) is 12.1 Å². The van der Waals surface area contributed by atoms with Crippen molar-refractivity contribution in [3.8, 4) is 0 Å². The van der Waals surface area contributed by atoms with Crippen LogP contribution in [-0.2, 0) is 19.1 Å². The topological polar surface area (TPSA) is 72.6 Å². The van der Waals surface area contributed by atoms with Crippen molar-refractivity contribution in [1.29, 1.82) is 0 Å². The molecule has 2 aromatic rings. The highest BCUT2D eigenvalue weighted by Crippen LogP contribution is 2.29. The van der Waals surface area contributed by atoms with Gasteiger partial charge in [0.1, 0.15) is 0 Å². The van der Waals surface area contributed by atoms with Crippen LogP contribution in [0.15, 0.2) is 41.5 Å². The third-order valence-electron chi connectivity index (χ3n) is 4.23. The number of amides is 2. The lowest BCUT2D eigenvalue weighted by Gasteiger charge is -2.16. The Hall–Kier alpha value is -3.16. The first-order valence-corrected chi connectivity index (χ1v) is 8.20. The van der Waals surface area contributed by atoms with Crippen molar-refractivity contribution in [2.45, 2.75) is 26.1 Å². The number of rotatable bonds is 4. The average Bonchev–Trinajstić information content (AvgIpc) is 2.65. The molecule has 1 aliphatic rings. The Morgan fingerprint density at radius 1 is 1.19 bits per heavy atom. The Kier molecular flexibility index (Phi) is 4.98. The second-order valence-corrected chi connectivity index (χ2v) is 5.94. The molecular weight excluding hydrogens is 359 g/mol. The normalized spacial score (nSPS) is 13.1. The predicted octanol–water partition coefficient (Wildman–Crippen LogP) is 3.29. The van der Waals surface area contributed by atoms with E-state index in [2.05, 4.69) is 15.8 Å². The molecule has 1 radical (unpaired) electrons. The van der Waals surface area contributed by atoms with Crippen LogP contribution in [0.5, 0.6) is 0 Å². The molecule has 0 saturated heterocycles. The van der Waals surface area contributed by atoms with Gasteiger partial charge < -0.3 is 5.32 Å². The van der Waals surface area contributed by atoms with E-state index in [1.165, 1.54) is 30.5 Å². The molecule has 0 fully saturated rings. The number of hydrogen-bond donors (Lipinski definition) is 1. The van der Waals surface area contributed by atoms with Crippen LogP contribution in [0, 0.1) is 0 Å². The number of carbonyl (C=O) groups excluding carboxylic acids is 2. The van der Waals surface area contributed by atoms with Gasteiger partial charge in [-0.05, 0) is 41.8 Å². The molecule has 0 spiro atoms. The Labute approximate surface area is 153 Å². The van der Waals surface area contributed by atoms with E-state index in [-0.39, 0.29) is 6.54 Å². The zero-order valence-corrected chi connectivity index (χ0v) is 14.3. The number of alkyl halides is 3. The number of halogens is 3. The lowest BCUT2D eigenvalue weighted by Crippen LogP contribution is -2.26. The second-order valence-electron chi connectivity index (χ2n) is 5.94. The Bertz CT molecular complexity index is 936. The quantitative estimate of drug-likeness (QED) is 0.892. The molecule has 139 valence electrons. The van der Waals surface area contributed by atoms with Gasteiger partial charge in [-0.15, -0.1) is 5.43 Å². The summed E-state index contributed by atoms with van der Waals surface area (Å²) in [5, 5.41) is 6.27. The summed E-state index contributed by atoms with van der Waals surface area (Å²) in [6.45, 7) is 1.79. The zero-order valence-electron chi connectivity index (χ0n) is 14.3. The van der Waals surface area contributed by atoms with Gasteiger partial charge in [0.25, 0.3) is 11.8 Å². The van der Waals surface area contributed by atoms with Crippen LogP contribution in [0.2, 0.25) is 0 Å². The molecule has 0 bridgehead atoms. The van der Waals surface area contributed by atoms with Gasteiger partial charge in [0.05, 0.1) is 17.3 Å². The van der Waals surface area contributed by atoms with E-state index in [1.54, 1.807) is 0 Å². The Balaban J connectivity index is 1.82. The van der Waals surface area contributed by atoms with E-state index in [9.17, 15) is 22.8 Å². The van der Waals surface area contributed by atoms with Gasteiger partial charge in [0, 0.05) is 17.7 Å². The summed E-state index contributed by atoms with van der Waals surface area (Å²) < 4.78 is 38.4. The van der Waals surface area contributed by atoms with E-state index in [4.69, 9.17) is 0 Å². The summed E-state index contributed by atoms with van der Waals surface area (Å²) in [4.78, 5) is 24.3. The fourth-order valence-corrected chi connectivity index (χ4v) is 2.92. The molecule has 2 amide bonds. The van der Waals surface area contributed by atoms with Crippen LogP contribution in [0.1, 0.15) is 49.9 Å². The fraction of sp³-hybridized carbons (Fsp3) is 0.211. The van der Waals surface area contributed by atoms with Gasteiger partial charge in [-0.3, -0.25) is 9.59 Å². The van der Waals surface area contributed by atoms with Crippen molar-refractivity contribution in [1.82, 2.24) is 10.7 Å². The maximum absolute atomic E-state index is 12.8. The van der Waals surface area contributed by atoms with Gasteiger partial charge >= 0.3 is 6.18 Å². The van der Waals surface area contributed by atoms with Gasteiger partial charge in [-0.1, -0.05) is 19.1 Å². The molecule has 0 aliphatic carbocycles. The minimum absolute atomic E-state index is 0.0503. The minimum atomic E-state index is -4.44. The zero-order chi connectivity index (χ0) is 19.6. The molecule has 2 aromatic carbocycles. The molecule has 0 aromatic heterocycles. The molecule has 1 heterocycles. The highest BCUT2D eigenvalue weighted by atomic mass is 19.4. The molecular formula is C19H15F3N3O2. The smallest absolute Gasteiger partial charge is 0.348 e. The first kappa shape index (κ1) is 18.6. The summed E-state index contributed by atoms with van der Waals surface area (Å²) in [7, 11) is 0. The molecule has 0 atom stereocenters. The molecule has 0 saturated carbocycles. The molecule has 8 heteroatoms. The first-order chi connectivity index (χ1) is 12.8. The Morgan fingerprint density at radius 2 is 1.96 bits per heavy atom. The van der Waals surface area contributed by atoms with E-state index in [0.29, 0.717) is 34.2 Å². The monoisotopic (exact) mass is 374 g/mol. The average molecular weight is 374 g/mol. The second kappa shape index (κ2) is 7.22. The van der Waals surface area contributed by atoms with Crippen LogP contribution in [0.25, 0.3) is 0 Å². The lowest BCUT2D eigenvalue weighted by molar-refractivity contribution is -0.137. The molecule has 5 nitrogen and oxygen atoms in total. The summed E-state index contributed by atoms with van der Waals surface area (Å²) >= 11 is 0. The summed E-state index contributed by atoms with van der Waals surface area (Å²) in [6, 6.07) is 7.81. The molecule has 3 rings (SSSR count). The molecule has 1 N–H and O–H groups in total. The first-order valence-electron chi connectivity index (χ1n) is 8.20. The molecule has 27 heavy (non-hydrogen) atoms. The van der Waals surface area contributed by atoms with Crippen molar-refractivity contribution >= 4 is 18.0 Å². The molecule has 1 aliphatic heterocycles. The third-order valence-corrected chi connectivity index (χ3v) is 4.23. The highest BCUT2D eigenvalue weighted by Gasteiger charge is 2.30.